The van der Waals surface area contributed by atoms with Crippen molar-refractivity contribution in [3.63, 3.8) is 0 Å². The number of esters is 1. The molecule has 4 aliphatic rings. The molecule has 7 nitrogen and oxygen atoms in total. The van der Waals surface area contributed by atoms with Crippen LogP contribution in [0.25, 0.3) is 0 Å². The molecule has 45 heavy (non-hydrogen) atoms. The molecule has 1 N–H and O–H groups in total. The summed E-state index contributed by atoms with van der Waals surface area (Å²) in [6.07, 6.45) is 29.9. The first-order valence-electron chi connectivity index (χ1n) is 19.2. The molecule has 0 bridgehead atoms. The lowest BCUT2D eigenvalue weighted by Crippen LogP contribution is -2.35. The Balaban J connectivity index is 0.970. The van der Waals surface area contributed by atoms with Crippen LogP contribution in [0.1, 0.15) is 168 Å². The van der Waals surface area contributed by atoms with E-state index in [0.29, 0.717) is 12.9 Å². The average Bonchev–Trinajstić information content (AvgIpc) is 3.77. The third-order valence-corrected chi connectivity index (χ3v) is 10.6. The van der Waals surface area contributed by atoms with Crippen molar-refractivity contribution in [2.24, 2.45) is 0 Å². The topological polar surface area (TPSA) is 83.5 Å². The first kappa shape index (κ1) is 36.8. The fourth-order valence-electron chi connectivity index (χ4n) is 7.82. The maximum atomic E-state index is 11.6. The van der Waals surface area contributed by atoms with Gasteiger partial charge in [-0.2, -0.15) is 0 Å². The van der Waals surface area contributed by atoms with Gasteiger partial charge in [0.05, 0.1) is 42.7 Å². The van der Waals surface area contributed by atoms with Crippen molar-refractivity contribution in [3.05, 3.63) is 11.6 Å². The molecule has 260 valence electrons. The highest BCUT2D eigenvalue weighted by Gasteiger charge is 2.41. The molecule has 0 amide bonds. The lowest BCUT2D eigenvalue weighted by atomic mass is 9.99. The molecule has 7 heteroatoms. The molecule has 8 atom stereocenters. The summed E-state index contributed by atoms with van der Waals surface area (Å²) in [5.41, 5.74) is 0.872. The van der Waals surface area contributed by atoms with E-state index in [2.05, 4.69) is 6.92 Å². The minimum absolute atomic E-state index is 0.0445. The van der Waals surface area contributed by atoms with E-state index in [1.807, 2.05) is 13.0 Å². The Hall–Kier alpha value is -0.990. The van der Waals surface area contributed by atoms with E-state index < -0.39 is 0 Å². The van der Waals surface area contributed by atoms with Crippen LogP contribution < -0.4 is 0 Å². The molecule has 0 aromatic carbocycles. The number of carbonyl (C=O) groups excluding carboxylic acids is 1. The van der Waals surface area contributed by atoms with Crippen LogP contribution in [0, 0.1) is 0 Å². The molecule has 4 aliphatic heterocycles. The second kappa shape index (κ2) is 21.1. The van der Waals surface area contributed by atoms with Crippen LogP contribution in [0.4, 0.5) is 0 Å². The first-order chi connectivity index (χ1) is 22.0. The van der Waals surface area contributed by atoms with Gasteiger partial charge in [-0.25, -0.2) is 4.79 Å². The molecular formula is C38H66O7. The van der Waals surface area contributed by atoms with Crippen LogP contribution in [0.3, 0.4) is 0 Å². The van der Waals surface area contributed by atoms with E-state index in [1.54, 1.807) is 0 Å². The van der Waals surface area contributed by atoms with Gasteiger partial charge in [-0.05, 0) is 83.6 Å². The second-order valence-corrected chi connectivity index (χ2v) is 14.4. The zero-order valence-corrected chi connectivity index (χ0v) is 28.8. The number of rotatable bonds is 21. The lowest BCUT2D eigenvalue weighted by Gasteiger charge is -2.30. The van der Waals surface area contributed by atoms with Gasteiger partial charge in [0.1, 0.15) is 12.9 Å². The van der Waals surface area contributed by atoms with Crippen LogP contribution in [-0.4, -0.2) is 66.7 Å². The monoisotopic (exact) mass is 634 g/mol. The minimum atomic E-state index is -0.363. The Morgan fingerprint density at radius 1 is 0.733 bits per heavy atom. The van der Waals surface area contributed by atoms with E-state index in [4.69, 9.17) is 23.7 Å². The quantitative estimate of drug-likeness (QED) is 0.0997. The van der Waals surface area contributed by atoms with E-state index in [-0.39, 0.29) is 48.7 Å². The lowest BCUT2D eigenvalue weighted by molar-refractivity contribution is -0.175. The third-order valence-electron chi connectivity index (χ3n) is 10.6. The normalized spacial score (nSPS) is 31.5. The highest BCUT2D eigenvalue weighted by Crippen LogP contribution is 2.36. The molecule has 4 rings (SSSR count). The zero-order chi connectivity index (χ0) is 31.7. The second-order valence-electron chi connectivity index (χ2n) is 14.4. The highest BCUT2D eigenvalue weighted by molar-refractivity contribution is 5.90. The fraction of sp³-hybridized carbons (Fsp3) is 0.921. The van der Waals surface area contributed by atoms with Crippen LogP contribution in [0.5, 0.6) is 0 Å². The summed E-state index contributed by atoms with van der Waals surface area (Å²) >= 11 is 0. The van der Waals surface area contributed by atoms with E-state index in [0.717, 1.165) is 82.6 Å². The molecule has 0 aliphatic carbocycles. The maximum Gasteiger partial charge on any atom is 0.334 e. The van der Waals surface area contributed by atoms with Crippen molar-refractivity contribution in [2.45, 2.75) is 217 Å². The minimum Gasteiger partial charge on any atom is -0.455 e. The Morgan fingerprint density at radius 2 is 1.38 bits per heavy atom. The molecule has 0 aromatic rings. The Kier molecular flexibility index (Phi) is 17.3. The summed E-state index contributed by atoms with van der Waals surface area (Å²) in [4.78, 5) is 11.6. The summed E-state index contributed by atoms with van der Waals surface area (Å²) < 4.78 is 30.3. The zero-order valence-electron chi connectivity index (χ0n) is 28.8. The summed E-state index contributed by atoms with van der Waals surface area (Å²) in [7, 11) is 0. The predicted octanol–water partition coefficient (Wildman–Crippen LogP) is 8.88. The predicted molar refractivity (Wildman–Crippen MR) is 178 cm³/mol. The Labute approximate surface area is 274 Å². The van der Waals surface area contributed by atoms with E-state index in [1.165, 1.54) is 77.0 Å². The third kappa shape index (κ3) is 13.2. The van der Waals surface area contributed by atoms with Crippen LogP contribution in [-0.2, 0) is 28.5 Å². The standard InChI is InChI=1S/C38H66O7/c1-3-4-5-15-19-31-20-17-22-34(42-28-41-31)35-25-26-37(45-35)36-24-23-33(44-36)32(39)21-16-13-11-9-7-6-8-10-12-14-18-30-27-29(2)43-38(30)40/h27,29,31-37,39H,3-26,28H2,1-2H3/t29?,31?,32-,33-,34?,35?,36-,37-/m0/s1. The van der Waals surface area contributed by atoms with Crippen molar-refractivity contribution in [2.75, 3.05) is 6.79 Å². The number of hydrogen-bond acceptors (Lipinski definition) is 7. The number of hydrogen-bond donors (Lipinski definition) is 1. The Bertz CT molecular complexity index is 836. The van der Waals surface area contributed by atoms with Gasteiger partial charge < -0.3 is 28.8 Å². The Morgan fingerprint density at radius 3 is 2.09 bits per heavy atom. The average molecular weight is 635 g/mol. The molecule has 0 radical (unpaired) electrons. The summed E-state index contributed by atoms with van der Waals surface area (Å²) in [6.45, 7) is 4.57. The van der Waals surface area contributed by atoms with Crippen molar-refractivity contribution in [1.29, 1.82) is 0 Å². The van der Waals surface area contributed by atoms with Crippen LogP contribution in [0.2, 0.25) is 0 Å². The number of aliphatic hydroxyl groups is 1. The number of cyclic esters (lactones) is 1. The SMILES string of the molecule is CCCCCCC1CCCC(C2CC[C@@H]([C@@H]3CC[C@@H]([C@@H](O)CCCCCCCCCCCCC4=CC(C)OC4=O)O3)O2)OCO1. The fourth-order valence-corrected chi connectivity index (χ4v) is 7.82. The molecule has 3 fully saturated rings. The summed E-state index contributed by atoms with van der Waals surface area (Å²) in [5.74, 6) is -0.115. The molecule has 4 unspecified atom stereocenters. The maximum absolute atomic E-state index is 11.6. The van der Waals surface area contributed by atoms with Gasteiger partial charge in [0, 0.05) is 5.57 Å². The van der Waals surface area contributed by atoms with Gasteiger partial charge in [-0.1, -0.05) is 90.4 Å². The number of ether oxygens (including phenoxy) is 5. The largest absolute Gasteiger partial charge is 0.455 e. The van der Waals surface area contributed by atoms with E-state index in [9.17, 15) is 9.90 Å². The van der Waals surface area contributed by atoms with Crippen molar-refractivity contribution >= 4 is 5.97 Å². The van der Waals surface area contributed by atoms with Crippen LogP contribution in [0.15, 0.2) is 11.6 Å². The number of carbonyl (C=O) groups is 1. The molecule has 0 spiro atoms. The molecule has 3 saturated heterocycles. The van der Waals surface area contributed by atoms with Crippen LogP contribution >= 0.6 is 0 Å². The van der Waals surface area contributed by atoms with Crippen molar-refractivity contribution in [3.8, 4) is 0 Å². The van der Waals surface area contributed by atoms with Crippen molar-refractivity contribution in [1.82, 2.24) is 0 Å². The molecule has 0 saturated carbocycles. The van der Waals surface area contributed by atoms with Gasteiger partial charge in [0.25, 0.3) is 0 Å². The van der Waals surface area contributed by atoms with Gasteiger partial charge in [0.2, 0.25) is 0 Å². The van der Waals surface area contributed by atoms with Gasteiger partial charge in [0.15, 0.2) is 0 Å². The van der Waals surface area contributed by atoms with Gasteiger partial charge in [-0.3, -0.25) is 0 Å². The summed E-state index contributed by atoms with van der Waals surface area (Å²) in [5, 5.41) is 10.8. The smallest absolute Gasteiger partial charge is 0.334 e. The molecule has 0 aromatic heterocycles. The van der Waals surface area contributed by atoms with Crippen molar-refractivity contribution < 1.29 is 33.6 Å². The first-order valence-corrected chi connectivity index (χ1v) is 19.2. The van der Waals surface area contributed by atoms with Gasteiger partial charge >= 0.3 is 5.97 Å². The molecular weight excluding hydrogens is 568 g/mol. The highest BCUT2D eigenvalue weighted by atomic mass is 16.7. The molecule has 4 heterocycles. The van der Waals surface area contributed by atoms with Gasteiger partial charge in [-0.15, -0.1) is 0 Å². The van der Waals surface area contributed by atoms with E-state index >= 15 is 0 Å². The number of aliphatic hydroxyl groups excluding tert-OH is 1. The summed E-state index contributed by atoms with van der Waals surface area (Å²) in [6, 6.07) is 0. The number of unbranched alkanes of at least 4 members (excludes halogenated alkanes) is 12.